The Labute approximate surface area is 72.7 Å². The third-order valence-electron chi connectivity index (χ3n) is 0.979. The number of hydrogen-bond donors (Lipinski definition) is 1. The summed E-state index contributed by atoms with van der Waals surface area (Å²) in [6.45, 7) is 1.91. The van der Waals surface area contributed by atoms with Gasteiger partial charge in [0.2, 0.25) is 0 Å². The molecule has 11 heavy (non-hydrogen) atoms. The van der Waals surface area contributed by atoms with E-state index < -0.39 is 9.84 Å². The zero-order valence-electron chi connectivity index (χ0n) is 6.91. The van der Waals surface area contributed by atoms with E-state index in [4.69, 9.17) is 5.73 Å². The zero-order valence-corrected chi connectivity index (χ0v) is 8.54. The Morgan fingerprint density at radius 3 is 2.45 bits per heavy atom. The molecule has 0 aromatic rings. The first-order chi connectivity index (χ1) is 4.92. The Morgan fingerprint density at radius 1 is 1.55 bits per heavy atom. The molecule has 0 saturated carbocycles. The summed E-state index contributed by atoms with van der Waals surface area (Å²) in [5.74, 6) is 1.74. The van der Waals surface area contributed by atoms with Crippen LogP contribution in [-0.4, -0.2) is 38.0 Å². The zero-order chi connectivity index (χ0) is 8.91. The molecule has 1 atom stereocenters. The molecule has 2 N–H and O–H groups in total. The summed E-state index contributed by atoms with van der Waals surface area (Å²) in [6.07, 6.45) is 1.25. The molecule has 0 aromatic heterocycles. The van der Waals surface area contributed by atoms with Crippen molar-refractivity contribution in [1.82, 2.24) is 0 Å². The minimum Gasteiger partial charge on any atom is -0.327 e. The minimum atomic E-state index is -2.78. The fourth-order valence-corrected chi connectivity index (χ4v) is 2.70. The first kappa shape index (κ1) is 11.3. The number of rotatable bonds is 5. The van der Waals surface area contributed by atoms with Gasteiger partial charge in [0, 0.05) is 23.8 Å². The summed E-state index contributed by atoms with van der Waals surface area (Å²) >= 11 is 1.58. The highest BCUT2D eigenvalue weighted by Gasteiger charge is 2.01. The molecule has 3 nitrogen and oxygen atoms in total. The van der Waals surface area contributed by atoms with E-state index in [9.17, 15) is 8.42 Å². The van der Waals surface area contributed by atoms with Gasteiger partial charge in [-0.2, -0.15) is 11.8 Å². The standard InChI is InChI=1S/C6H15NO2S2/c1-6(7)5-10-3-4-11(2,8)9/h6H,3-5,7H2,1-2H3/t6-/m1/s1. The third kappa shape index (κ3) is 10.3. The van der Waals surface area contributed by atoms with Gasteiger partial charge in [0.25, 0.3) is 0 Å². The van der Waals surface area contributed by atoms with Crippen molar-refractivity contribution in [2.75, 3.05) is 23.5 Å². The molecule has 68 valence electrons. The average molecular weight is 197 g/mol. The van der Waals surface area contributed by atoms with Crippen LogP contribution in [0, 0.1) is 0 Å². The molecule has 5 heteroatoms. The van der Waals surface area contributed by atoms with E-state index in [0.717, 1.165) is 5.75 Å². The second kappa shape index (κ2) is 5.00. The van der Waals surface area contributed by atoms with Crippen molar-refractivity contribution < 1.29 is 8.42 Å². The lowest BCUT2D eigenvalue weighted by molar-refractivity contribution is 0.603. The summed E-state index contributed by atoms with van der Waals surface area (Å²) < 4.78 is 21.3. The van der Waals surface area contributed by atoms with Crippen molar-refractivity contribution in [2.24, 2.45) is 5.73 Å². The normalized spacial score (nSPS) is 14.8. The van der Waals surface area contributed by atoms with Crippen LogP contribution in [0.25, 0.3) is 0 Å². The van der Waals surface area contributed by atoms with Gasteiger partial charge in [-0.3, -0.25) is 0 Å². The SMILES string of the molecule is C[C@@H](N)CSCCS(C)(=O)=O. The second-order valence-electron chi connectivity index (χ2n) is 2.68. The first-order valence-electron chi connectivity index (χ1n) is 3.43. The molecular weight excluding hydrogens is 182 g/mol. The van der Waals surface area contributed by atoms with E-state index in [1.54, 1.807) is 11.8 Å². The predicted molar refractivity (Wildman–Crippen MR) is 50.7 cm³/mol. The molecule has 0 spiro atoms. The Bertz CT molecular complexity index is 187. The molecule has 0 bridgehead atoms. The molecule has 0 unspecified atom stereocenters. The van der Waals surface area contributed by atoms with Crippen LogP contribution in [-0.2, 0) is 9.84 Å². The quantitative estimate of drug-likeness (QED) is 0.636. The van der Waals surface area contributed by atoms with Gasteiger partial charge in [-0.15, -0.1) is 0 Å². The van der Waals surface area contributed by atoms with Crippen molar-refractivity contribution in [3.05, 3.63) is 0 Å². The summed E-state index contributed by atoms with van der Waals surface area (Å²) in [5, 5.41) is 0. The van der Waals surface area contributed by atoms with Crippen LogP contribution in [0.4, 0.5) is 0 Å². The smallest absolute Gasteiger partial charge is 0.148 e. The summed E-state index contributed by atoms with van der Waals surface area (Å²) in [7, 11) is -2.78. The van der Waals surface area contributed by atoms with E-state index >= 15 is 0 Å². The van der Waals surface area contributed by atoms with Gasteiger partial charge in [-0.05, 0) is 6.92 Å². The summed E-state index contributed by atoms with van der Waals surface area (Å²) in [5.41, 5.74) is 5.47. The Morgan fingerprint density at radius 2 is 2.09 bits per heavy atom. The Kier molecular flexibility index (Phi) is 5.12. The van der Waals surface area contributed by atoms with Crippen LogP contribution in [0.5, 0.6) is 0 Å². The van der Waals surface area contributed by atoms with E-state index in [1.165, 1.54) is 6.26 Å². The van der Waals surface area contributed by atoms with Crippen molar-refractivity contribution in [2.45, 2.75) is 13.0 Å². The molecule has 0 amide bonds. The molecule has 0 aliphatic rings. The van der Waals surface area contributed by atoms with Crippen molar-refractivity contribution in [3.63, 3.8) is 0 Å². The lowest BCUT2D eigenvalue weighted by Gasteiger charge is -2.02. The minimum absolute atomic E-state index is 0.152. The van der Waals surface area contributed by atoms with Crippen molar-refractivity contribution in [1.29, 1.82) is 0 Å². The fraction of sp³-hybridized carbons (Fsp3) is 1.00. The van der Waals surface area contributed by atoms with Gasteiger partial charge in [0.15, 0.2) is 0 Å². The van der Waals surface area contributed by atoms with Crippen molar-refractivity contribution >= 4 is 21.6 Å². The predicted octanol–water partition coefficient (Wildman–Crippen LogP) is 0.111. The van der Waals surface area contributed by atoms with Gasteiger partial charge in [-0.25, -0.2) is 8.42 Å². The van der Waals surface area contributed by atoms with Crippen LogP contribution < -0.4 is 5.73 Å². The second-order valence-corrected chi connectivity index (χ2v) is 6.09. The molecule has 0 aliphatic heterocycles. The third-order valence-corrected chi connectivity index (χ3v) is 3.44. The molecule has 0 saturated heterocycles. The maximum Gasteiger partial charge on any atom is 0.148 e. The molecule has 0 heterocycles. The highest BCUT2D eigenvalue weighted by molar-refractivity contribution is 8.00. The van der Waals surface area contributed by atoms with Crippen LogP contribution in [0.15, 0.2) is 0 Å². The topological polar surface area (TPSA) is 60.2 Å². The largest absolute Gasteiger partial charge is 0.327 e. The van der Waals surface area contributed by atoms with E-state index in [2.05, 4.69) is 0 Å². The first-order valence-corrected chi connectivity index (χ1v) is 6.64. The van der Waals surface area contributed by atoms with Gasteiger partial charge >= 0.3 is 0 Å². The van der Waals surface area contributed by atoms with Crippen LogP contribution in [0.1, 0.15) is 6.92 Å². The maximum absolute atomic E-state index is 10.6. The van der Waals surface area contributed by atoms with Crippen molar-refractivity contribution in [3.8, 4) is 0 Å². The number of hydrogen-bond acceptors (Lipinski definition) is 4. The van der Waals surface area contributed by atoms with E-state index in [1.807, 2.05) is 6.92 Å². The van der Waals surface area contributed by atoms with Crippen LogP contribution >= 0.6 is 11.8 Å². The maximum atomic E-state index is 10.6. The molecule has 0 aliphatic carbocycles. The Balaban J connectivity index is 3.30. The van der Waals surface area contributed by atoms with Crippen LogP contribution in [0.3, 0.4) is 0 Å². The molecule has 0 rings (SSSR count). The highest BCUT2D eigenvalue weighted by atomic mass is 32.2. The van der Waals surface area contributed by atoms with Gasteiger partial charge in [-0.1, -0.05) is 0 Å². The Hall–Kier alpha value is 0.260. The van der Waals surface area contributed by atoms with Gasteiger partial charge in [0.05, 0.1) is 5.75 Å². The highest BCUT2D eigenvalue weighted by Crippen LogP contribution is 2.02. The number of nitrogens with two attached hydrogens (primary N) is 1. The summed E-state index contributed by atoms with van der Waals surface area (Å²) in [4.78, 5) is 0. The average Bonchev–Trinajstić information content (AvgIpc) is 1.78. The lowest BCUT2D eigenvalue weighted by atomic mass is 10.4. The van der Waals surface area contributed by atoms with Crippen LogP contribution in [0.2, 0.25) is 0 Å². The molecule has 0 radical (unpaired) electrons. The molecule has 0 fully saturated rings. The van der Waals surface area contributed by atoms with E-state index in [0.29, 0.717) is 5.75 Å². The monoisotopic (exact) mass is 197 g/mol. The number of thioether (sulfide) groups is 1. The summed E-state index contributed by atoms with van der Waals surface area (Å²) in [6, 6.07) is 0.152. The lowest BCUT2D eigenvalue weighted by Crippen LogP contribution is -2.18. The fourth-order valence-electron chi connectivity index (χ4n) is 0.480. The van der Waals surface area contributed by atoms with Gasteiger partial charge < -0.3 is 5.73 Å². The molecular formula is C6H15NO2S2. The van der Waals surface area contributed by atoms with E-state index in [-0.39, 0.29) is 11.8 Å². The number of sulfone groups is 1. The van der Waals surface area contributed by atoms with Gasteiger partial charge in [0.1, 0.15) is 9.84 Å². The molecule has 0 aromatic carbocycles.